The van der Waals surface area contributed by atoms with E-state index in [4.69, 9.17) is 10.5 Å². The van der Waals surface area contributed by atoms with Crippen molar-refractivity contribution in [2.45, 2.75) is 19.4 Å². The monoisotopic (exact) mass is 254 g/mol. The van der Waals surface area contributed by atoms with Gasteiger partial charge in [0.15, 0.2) is 0 Å². The van der Waals surface area contributed by atoms with Gasteiger partial charge in [0.25, 0.3) is 5.91 Å². The molecule has 0 aromatic heterocycles. The Hall–Kier alpha value is -1.95. The van der Waals surface area contributed by atoms with Gasteiger partial charge in [0.1, 0.15) is 11.4 Å². The number of anilines is 1. The van der Waals surface area contributed by atoms with Gasteiger partial charge in [-0.1, -0.05) is 0 Å². The average molecular weight is 254 g/mol. The Bertz CT molecular complexity index is 486. The zero-order valence-electron chi connectivity index (χ0n) is 10.4. The first kappa shape index (κ1) is 14.1. The highest BCUT2D eigenvalue weighted by Crippen LogP contribution is 2.18. The van der Waals surface area contributed by atoms with Gasteiger partial charge in [-0.25, -0.2) is 4.39 Å². The minimum Gasteiger partial charge on any atom is -0.369 e. The average Bonchev–Trinajstić information content (AvgIpc) is 2.31. The molecule has 0 unspecified atom stereocenters. The molecule has 2 amide bonds. The van der Waals surface area contributed by atoms with Gasteiger partial charge in [-0.15, -0.1) is 0 Å². The molecule has 0 saturated carbocycles. The number of primary amides is 1. The van der Waals surface area contributed by atoms with E-state index >= 15 is 0 Å². The summed E-state index contributed by atoms with van der Waals surface area (Å²) >= 11 is 0. The maximum Gasteiger partial charge on any atom is 0.256 e. The third-order valence-corrected chi connectivity index (χ3v) is 2.56. The molecule has 0 atom stereocenters. The number of nitrogens with two attached hydrogens (primary N) is 1. The molecule has 0 aliphatic carbocycles. The van der Waals surface area contributed by atoms with E-state index < -0.39 is 23.2 Å². The Morgan fingerprint density at radius 2 is 2.00 bits per heavy atom. The number of ether oxygens (including phenoxy) is 1. The summed E-state index contributed by atoms with van der Waals surface area (Å²) in [4.78, 5) is 22.7. The van der Waals surface area contributed by atoms with Crippen molar-refractivity contribution in [1.29, 1.82) is 0 Å². The smallest absolute Gasteiger partial charge is 0.256 e. The predicted molar refractivity (Wildman–Crippen MR) is 64.6 cm³/mol. The zero-order chi connectivity index (χ0) is 13.9. The fourth-order valence-corrected chi connectivity index (χ4v) is 1.14. The third-order valence-electron chi connectivity index (χ3n) is 2.56. The number of nitrogens with one attached hydrogen (secondary N) is 1. The van der Waals surface area contributed by atoms with Crippen molar-refractivity contribution in [3.05, 3.63) is 29.6 Å². The Labute approximate surface area is 104 Å². The van der Waals surface area contributed by atoms with Crippen LogP contribution >= 0.6 is 0 Å². The highest BCUT2D eigenvalue weighted by Gasteiger charge is 2.27. The van der Waals surface area contributed by atoms with Gasteiger partial charge in [-0.2, -0.15) is 0 Å². The molecule has 0 bridgehead atoms. The first-order valence-electron chi connectivity index (χ1n) is 5.24. The lowest BCUT2D eigenvalue weighted by Crippen LogP contribution is -2.39. The summed E-state index contributed by atoms with van der Waals surface area (Å²) in [6, 6.07) is 3.49. The molecule has 0 aliphatic rings. The zero-order valence-corrected chi connectivity index (χ0v) is 10.4. The first-order valence-corrected chi connectivity index (χ1v) is 5.24. The standard InChI is InChI=1S/C12H15FN2O3/c1-12(2,18-3)11(17)15-9-6-7(10(14)16)4-5-8(9)13/h4-6H,1-3H3,(H2,14,16)(H,15,17). The lowest BCUT2D eigenvalue weighted by Gasteiger charge is -2.21. The second-order valence-electron chi connectivity index (χ2n) is 4.23. The second kappa shape index (κ2) is 5.14. The molecule has 5 nitrogen and oxygen atoms in total. The topological polar surface area (TPSA) is 81.4 Å². The molecule has 1 aromatic rings. The molecule has 3 N–H and O–H groups in total. The Morgan fingerprint density at radius 1 is 1.39 bits per heavy atom. The maximum absolute atomic E-state index is 13.5. The van der Waals surface area contributed by atoms with E-state index in [0.717, 1.165) is 6.07 Å². The number of carbonyl (C=O) groups excluding carboxylic acids is 2. The molecule has 0 aliphatic heterocycles. The fourth-order valence-electron chi connectivity index (χ4n) is 1.14. The highest BCUT2D eigenvalue weighted by molar-refractivity contribution is 5.99. The molecular weight excluding hydrogens is 239 g/mol. The fraction of sp³-hybridized carbons (Fsp3) is 0.333. The van der Waals surface area contributed by atoms with Crippen LogP contribution in [0.2, 0.25) is 0 Å². The van der Waals surface area contributed by atoms with E-state index in [-0.39, 0.29) is 11.3 Å². The molecule has 98 valence electrons. The van der Waals surface area contributed by atoms with Crippen molar-refractivity contribution in [3.8, 4) is 0 Å². The number of hydrogen-bond donors (Lipinski definition) is 2. The van der Waals surface area contributed by atoms with Crippen LogP contribution < -0.4 is 11.1 Å². The van der Waals surface area contributed by atoms with Crippen LogP contribution in [0, 0.1) is 5.82 Å². The Morgan fingerprint density at radius 3 is 2.50 bits per heavy atom. The summed E-state index contributed by atoms with van der Waals surface area (Å²) in [6.07, 6.45) is 0. The molecule has 0 fully saturated rings. The highest BCUT2D eigenvalue weighted by atomic mass is 19.1. The summed E-state index contributed by atoms with van der Waals surface area (Å²) in [5.74, 6) is -1.87. The van der Waals surface area contributed by atoms with Crippen LogP contribution in [0.4, 0.5) is 10.1 Å². The van der Waals surface area contributed by atoms with Crippen LogP contribution in [0.15, 0.2) is 18.2 Å². The van der Waals surface area contributed by atoms with E-state index in [1.54, 1.807) is 0 Å². The number of methoxy groups -OCH3 is 1. The summed E-state index contributed by atoms with van der Waals surface area (Å²) < 4.78 is 18.4. The Balaban J connectivity index is 3.01. The molecule has 0 spiro atoms. The van der Waals surface area contributed by atoms with Crippen LogP contribution in [0.1, 0.15) is 24.2 Å². The molecular formula is C12H15FN2O3. The summed E-state index contributed by atoms with van der Waals surface area (Å²) in [5.41, 5.74) is 3.98. The third kappa shape index (κ3) is 3.04. The van der Waals surface area contributed by atoms with Gasteiger partial charge in [0, 0.05) is 12.7 Å². The van der Waals surface area contributed by atoms with Gasteiger partial charge in [0.2, 0.25) is 5.91 Å². The van der Waals surface area contributed by atoms with Gasteiger partial charge in [0.05, 0.1) is 5.69 Å². The van der Waals surface area contributed by atoms with Crippen molar-refractivity contribution in [3.63, 3.8) is 0 Å². The minimum absolute atomic E-state index is 0.110. The van der Waals surface area contributed by atoms with Crippen molar-refractivity contribution in [2.75, 3.05) is 12.4 Å². The quantitative estimate of drug-likeness (QED) is 0.849. The summed E-state index contributed by atoms with van der Waals surface area (Å²) in [5, 5.41) is 2.35. The van der Waals surface area contributed by atoms with Gasteiger partial charge in [-0.05, 0) is 32.0 Å². The first-order chi connectivity index (χ1) is 8.27. The van der Waals surface area contributed by atoms with Gasteiger partial charge < -0.3 is 15.8 Å². The second-order valence-corrected chi connectivity index (χ2v) is 4.23. The van der Waals surface area contributed by atoms with E-state index in [1.165, 1.54) is 33.1 Å². The number of carbonyl (C=O) groups is 2. The number of halogens is 1. The summed E-state index contributed by atoms with van der Waals surface area (Å²) in [7, 11) is 1.37. The Kier molecular flexibility index (Phi) is 4.03. The van der Waals surface area contributed by atoms with Crippen molar-refractivity contribution >= 4 is 17.5 Å². The molecule has 1 rings (SSSR count). The largest absolute Gasteiger partial charge is 0.369 e. The number of benzene rings is 1. The SMILES string of the molecule is COC(C)(C)C(=O)Nc1cc(C(N)=O)ccc1F. The summed E-state index contributed by atoms with van der Waals surface area (Å²) in [6.45, 7) is 3.08. The number of rotatable bonds is 4. The maximum atomic E-state index is 13.5. The number of hydrogen-bond acceptors (Lipinski definition) is 3. The lowest BCUT2D eigenvalue weighted by molar-refractivity contribution is -0.133. The van der Waals surface area contributed by atoms with E-state index in [0.29, 0.717) is 0 Å². The molecule has 18 heavy (non-hydrogen) atoms. The lowest BCUT2D eigenvalue weighted by atomic mass is 10.1. The van der Waals surface area contributed by atoms with E-state index in [2.05, 4.69) is 5.32 Å². The normalized spacial score (nSPS) is 11.1. The van der Waals surface area contributed by atoms with Crippen molar-refractivity contribution in [2.24, 2.45) is 5.73 Å². The molecule has 0 saturated heterocycles. The van der Waals surface area contributed by atoms with Crippen LogP contribution in [-0.2, 0) is 9.53 Å². The van der Waals surface area contributed by atoms with Crippen LogP contribution in [0.25, 0.3) is 0 Å². The predicted octanol–water partition coefficient (Wildman–Crippen LogP) is 1.29. The minimum atomic E-state index is -1.10. The van der Waals surface area contributed by atoms with Gasteiger partial charge in [-0.3, -0.25) is 9.59 Å². The van der Waals surface area contributed by atoms with E-state index in [9.17, 15) is 14.0 Å². The van der Waals surface area contributed by atoms with Crippen molar-refractivity contribution in [1.82, 2.24) is 0 Å². The molecule has 1 aromatic carbocycles. The molecule has 0 heterocycles. The van der Waals surface area contributed by atoms with E-state index in [1.807, 2.05) is 0 Å². The molecule has 0 radical (unpaired) electrons. The number of amides is 2. The van der Waals surface area contributed by atoms with Crippen LogP contribution in [0.3, 0.4) is 0 Å². The van der Waals surface area contributed by atoms with Gasteiger partial charge >= 0.3 is 0 Å². The van der Waals surface area contributed by atoms with Crippen LogP contribution in [-0.4, -0.2) is 24.5 Å². The van der Waals surface area contributed by atoms with Crippen molar-refractivity contribution < 1.29 is 18.7 Å². The molecule has 6 heteroatoms. The van der Waals surface area contributed by atoms with Crippen LogP contribution in [0.5, 0.6) is 0 Å².